The van der Waals surface area contributed by atoms with Gasteiger partial charge in [-0.15, -0.1) is 0 Å². The molecule has 0 unspecified atom stereocenters. The molecule has 0 saturated carbocycles. The second kappa shape index (κ2) is 35.1. The Morgan fingerprint density at radius 2 is 0.812 bits per heavy atom. The summed E-state index contributed by atoms with van der Waals surface area (Å²) in [6.07, 6.45) is -0.987. The Kier molecular flexibility index (Phi) is 24.7. The summed E-state index contributed by atoms with van der Waals surface area (Å²) in [5.74, 6) is -3.40. The summed E-state index contributed by atoms with van der Waals surface area (Å²) in [6.45, 7) is 15.1. The number of likely N-dealkylation sites (N-methyl/N-ethyl adjacent to an activating group) is 3. The van der Waals surface area contributed by atoms with Crippen LogP contribution in [0.25, 0.3) is 32.7 Å². The lowest BCUT2D eigenvalue weighted by Gasteiger charge is -2.35. The Balaban J connectivity index is 0.000000153. The van der Waals surface area contributed by atoms with Crippen molar-refractivity contribution in [3.63, 3.8) is 0 Å². The van der Waals surface area contributed by atoms with Crippen LogP contribution in [0.5, 0.6) is 34.9 Å². The van der Waals surface area contributed by atoms with E-state index in [2.05, 4.69) is 105 Å². The number of carbonyl (C=O) groups excluding carboxylic acids is 3. The molecule has 3 amide bonds. The van der Waals surface area contributed by atoms with E-state index < -0.39 is 41.0 Å². The number of aromatic nitrogens is 9. The minimum absolute atomic E-state index is 0.0268. The second-order valence-electron chi connectivity index (χ2n) is 29.5. The summed E-state index contributed by atoms with van der Waals surface area (Å²) < 4.78 is 106. The number of carbonyl (C=O) groups is 3. The van der Waals surface area contributed by atoms with Crippen LogP contribution in [-0.2, 0) is 12.8 Å². The molecule has 0 radical (unpaired) electrons. The summed E-state index contributed by atoms with van der Waals surface area (Å²) in [6, 6.07) is 32.2. The lowest BCUT2D eigenvalue weighted by atomic mass is 10.1. The molecule has 3 fully saturated rings. The smallest absolute Gasteiger partial charge is 0.418 e. The van der Waals surface area contributed by atoms with Gasteiger partial charge in [-0.25, -0.2) is 43.1 Å². The SMILES string of the molecule is Cc1cc2c(F)c(Oc3ncnc(Nc4ccc(N5CCN(C)CC5)c(C(F)(F)F)c4)c3C(=O)N(C)C)ccc2[nH]1.Cc1cc2c(F)c(Oc3ncnc(Nc4ccc(N5CCN(C)CC5)cc4CO)c3C(=O)N(C)C)ccc2[nH]1.Cc1cc2c(F)c(Oc3ncnc(Nc4cccc(N5CCN(C)CC5)c4)c3C(=O)N(C)C)ccc2[nH]1. The number of ether oxygens (including phenoxy) is 3. The zero-order valence-corrected chi connectivity index (χ0v) is 66.8. The number of nitrogens with zero attached hydrogens (tertiary/aromatic N) is 15. The maximum atomic E-state index is 15.3. The van der Waals surface area contributed by atoms with Crippen LogP contribution < -0.4 is 44.9 Å². The van der Waals surface area contributed by atoms with Gasteiger partial charge >= 0.3 is 6.18 Å². The number of aliphatic hydroxyl groups is 1. The molecule has 0 atom stereocenters. The third-order valence-electron chi connectivity index (χ3n) is 20.2. The van der Waals surface area contributed by atoms with Gasteiger partial charge < -0.3 is 94.3 Å². The van der Waals surface area contributed by atoms with Crippen molar-refractivity contribution in [3.05, 3.63) is 197 Å². The van der Waals surface area contributed by atoms with Gasteiger partial charge in [0.05, 0.1) is 12.2 Å². The van der Waals surface area contributed by atoms with E-state index in [4.69, 9.17) is 14.2 Å². The third-order valence-corrected chi connectivity index (χ3v) is 20.2. The maximum Gasteiger partial charge on any atom is 0.418 e. The van der Waals surface area contributed by atoms with Crippen molar-refractivity contribution in [2.24, 2.45) is 0 Å². The van der Waals surface area contributed by atoms with Crippen LogP contribution in [0.2, 0.25) is 0 Å². The molecule has 0 spiro atoms. The molecule has 612 valence electrons. The van der Waals surface area contributed by atoms with Crippen LogP contribution in [0, 0.1) is 38.2 Å². The molecule has 7 N–H and O–H groups in total. The van der Waals surface area contributed by atoms with E-state index in [1.807, 2.05) is 57.3 Å². The van der Waals surface area contributed by atoms with Crippen LogP contribution >= 0.6 is 0 Å². The van der Waals surface area contributed by atoms with Crippen molar-refractivity contribution >= 4 is 102 Å². The summed E-state index contributed by atoms with van der Waals surface area (Å²) in [7, 11) is 15.6. The van der Waals surface area contributed by atoms with Gasteiger partial charge in [-0.1, -0.05) is 6.07 Å². The first-order valence-corrected chi connectivity index (χ1v) is 37.7. The summed E-state index contributed by atoms with van der Waals surface area (Å²) >= 11 is 0. The van der Waals surface area contributed by atoms with Crippen molar-refractivity contribution in [1.82, 2.24) is 74.3 Å². The number of H-pyrrole nitrogens is 3. The van der Waals surface area contributed by atoms with Crippen molar-refractivity contribution in [1.29, 1.82) is 0 Å². The van der Waals surface area contributed by atoms with Crippen LogP contribution in [0.4, 0.5) is 77.9 Å². The number of rotatable bonds is 19. The molecule has 9 heterocycles. The number of anilines is 9. The zero-order valence-electron chi connectivity index (χ0n) is 66.8. The van der Waals surface area contributed by atoms with Gasteiger partial charge in [0.1, 0.15) is 35.7 Å². The number of nitrogens with one attached hydrogen (secondary N) is 6. The van der Waals surface area contributed by atoms with Crippen LogP contribution in [0.1, 0.15) is 59.3 Å². The molecule has 6 aromatic carbocycles. The van der Waals surface area contributed by atoms with E-state index in [0.717, 1.165) is 98.9 Å². The fraction of sp³-hybridized carbons (Fsp3) is 0.313. The number of aryl methyl sites for hydroxylation is 3. The molecule has 0 bridgehead atoms. The Hall–Kier alpha value is -12.8. The highest BCUT2D eigenvalue weighted by Gasteiger charge is 2.37. The molecule has 3 aliphatic rings. The highest BCUT2D eigenvalue weighted by molar-refractivity contribution is 6.03. The van der Waals surface area contributed by atoms with E-state index in [-0.39, 0.29) is 92.9 Å². The lowest BCUT2D eigenvalue weighted by molar-refractivity contribution is -0.137. The van der Waals surface area contributed by atoms with Gasteiger partial charge in [0.15, 0.2) is 52.2 Å². The zero-order chi connectivity index (χ0) is 83.3. The van der Waals surface area contributed by atoms with E-state index >= 15 is 13.2 Å². The molecule has 28 nitrogen and oxygen atoms in total. The molecule has 12 aromatic rings. The standard InChI is InChI=1S/C28H29F4N7O2.C28H32FN7O3.C27H30FN7O2/c1-16-13-18-20(35-16)6-8-22(24(18)29)41-26-23(27(40)37(2)3)25(33-15-34-26)36-17-5-7-21(19(14-17)28(30,31)32)39-11-9-38(4)10-12-39;1-17-13-20-22(32-17)7-8-23(25(20)29)39-27-24(28(38)34(2)3)26(30-16-31-27)33-21-6-5-19(14-18(21)15-37)36-11-9-35(4)10-12-36;1-17-14-20-21(31-17)8-9-22(24(20)28)37-26-23(27(36)33(2)3)25(29-16-30-26)32-18-6-5-7-19(15-18)35-12-10-34(4)11-13-35/h5-8,13-15,35H,9-12H2,1-4H3,(H,33,34,36);5-8,13-14,16,32,37H,9-12,15H2,1-4H3,(H,30,31,33);5-9,14-16,31H,10-13H2,1-4H3,(H,29,30,32). The second-order valence-corrected chi connectivity index (χ2v) is 29.5. The Labute approximate surface area is 671 Å². The monoisotopic (exact) mass is 1610 g/mol. The number of alkyl halides is 3. The number of aromatic amines is 3. The molecule has 3 saturated heterocycles. The van der Waals surface area contributed by atoms with Gasteiger partial charge in [0, 0.05) is 210 Å². The molecule has 34 heteroatoms. The van der Waals surface area contributed by atoms with Gasteiger partial charge in [0.25, 0.3) is 17.7 Å². The van der Waals surface area contributed by atoms with Crippen molar-refractivity contribution in [2.45, 2.75) is 33.6 Å². The first kappa shape index (κ1) is 82.2. The highest BCUT2D eigenvalue weighted by atomic mass is 19.4. The number of piperazine rings is 3. The molecule has 6 aromatic heterocycles. The van der Waals surface area contributed by atoms with Gasteiger partial charge in [-0.05, 0) is 151 Å². The molecule has 117 heavy (non-hydrogen) atoms. The molecule has 0 aliphatic carbocycles. The predicted molar refractivity (Wildman–Crippen MR) is 439 cm³/mol. The third kappa shape index (κ3) is 18.6. The van der Waals surface area contributed by atoms with Crippen molar-refractivity contribution in [3.8, 4) is 34.9 Å². The summed E-state index contributed by atoms with van der Waals surface area (Å²) in [4.78, 5) is 91.1. The van der Waals surface area contributed by atoms with E-state index in [1.165, 1.54) is 71.8 Å². The van der Waals surface area contributed by atoms with E-state index in [0.29, 0.717) is 70.1 Å². The van der Waals surface area contributed by atoms with Crippen LogP contribution in [-0.4, -0.2) is 239 Å². The lowest BCUT2D eigenvalue weighted by Crippen LogP contribution is -2.45. The first-order valence-electron chi connectivity index (χ1n) is 37.7. The summed E-state index contributed by atoms with van der Waals surface area (Å²) in [5, 5.41) is 20.5. The van der Waals surface area contributed by atoms with Gasteiger partial charge in [-0.3, -0.25) is 14.4 Å². The Morgan fingerprint density at radius 1 is 0.444 bits per heavy atom. The summed E-state index contributed by atoms with van der Waals surface area (Å²) in [5.41, 5.74) is 7.70. The normalized spacial score (nSPS) is 14.2. The van der Waals surface area contributed by atoms with E-state index in [9.17, 15) is 32.7 Å². The Bertz CT molecular complexity index is 5640. The predicted octanol–water partition coefficient (Wildman–Crippen LogP) is 13.7. The van der Waals surface area contributed by atoms with Gasteiger partial charge in [0.2, 0.25) is 17.6 Å². The van der Waals surface area contributed by atoms with Gasteiger partial charge in [-0.2, -0.15) is 13.2 Å². The molecular weight excluding hydrogens is 1520 g/mol. The number of halogens is 6. The number of fused-ring (bicyclic) bond motifs is 3. The fourth-order valence-electron chi connectivity index (χ4n) is 13.8. The fourth-order valence-corrected chi connectivity index (χ4v) is 13.8. The number of hydrogen-bond donors (Lipinski definition) is 7. The maximum absolute atomic E-state index is 15.3. The van der Waals surface area contributed by atoms with Crippen LogP contribution in [0.15, 0.2) is 134 Å². The largest absolute Gasteiger partial charge is 0.435 e. The van der Waals surface area contributed by atoms with Crippen LogP contribution in [0.3, 0.4) is 0 Å². The quantitative estimate of drug-likeness (QED) is 0.0370. The number of amides is 3. The molecule has 15 rings (SSSR count). The average Bonchev–Trinajstić information content (AvgIpc) is 1.56. The minimum atomic E-state index is -4.62. The van der Waals surface area contributed by atoms with Crippen molar-refractivity contribution < 1.29 is 60.0 Å². The Morgan fingerprint density at radius 3 is 1.19 bits per heavy atom. The average molecular weight is 1610 g/mol. The molecule has 3 aliphatic heterocycles. The molecular formula is C83H91F6N21O7. The number of hydrogen-bond acceptors (Lipinski definition) is 22. The highest BCUT2D eigenvalue weighted by Crippen LogP contribution is 2.43. The van der Waals surface area contributed by atoms with Crippen molar-refractivity contribution in [2.75, 3.05) is 173 Å². The number of aliphatic hydroxyl groups excluding tert-OH is 1. The number of benzene rings is 6. The first-order chi connectivity index (χ1) is 56.0. The minimum Gasteiger partial charge on any atom is -0.435 e. The van der Waals surface area contributed by atoms with E-state index in [1.54, 1.807) is 76.4 Å². The topological polar surface area (TPSA) is 289 Å².